The Morgan fingerprint density at radius 3 is 2.19 bits per heavy atom. The molecule has 5 heteroatoms. The van der Waals surface area contributed by atoms with Gasteiger partial charge in [0.15, 0.2) is 0 Å². The zero-order valence-electron chi connectivity index (χ0n) is 15.1. The molecule has 0 atom stereocenters. The Hall–Kier alpha value is -2.66. The summed E-state index contributed by atoms with van der Waals surface area (Å²) < 4.78 is 0. The van der Waals surface area contributed by atoms with Crippen molar-refractivity contribution < 1.29 is 9.59 Å². The number of benzene rings is 2. The van der Waals surface area contributed by atoms with E-state index in [0.29, 0.717) is 38.2 Å². The third-order valence-electron chi connectivity index (χ3n) is 5.08. The van der Waals surface area contributed by atoms with Crippen molar-refractivity contribution in [2.75, 3.05) is 31.7 Å². The number of hydrogen-bond donors (Lipinski definition) is 1. The number of piperidine rings is 1. The molecule has 0 aliphatic carbocycles. The lowest BCUT2D eigenvalue weighted by atomic mass is 9.86. The Balaban J connectivity index is 1.77. The molecule has 1 fully saturated rings. The van der Waals surface area contributed by atoms with Crippen molar-refractivity contribution in [1.29, 1.82) is 0 Å². The van der Waals surface area contributed by atoms with E-state index in [-0.39, 0.29) is 5.91 Å². The fourth-order valence-electron chi connectivity index (χ4n) is 3.58. The van der Waals surface area contributed by atoms with Crippen LogP contribution < -0.4 is 10.2 Å². The van der Waals surface area contributed by atoms with E-state index in [1.54, 1.807) is 0 Å². The third-order valence-corrected chi connectivity index (χ3v) is 5.08. The van der Waals surface area contributed by atoms with E-state index in [4.69, 9.17) is 0 Å². The first-order chi connectivity index (χ1) is 12.7. The Kier molecular flexibility index (Phi) is 5.68. The van der Waals surface area contributed by atoms with E-state index >= 15 is 0 Å². The van der Waals surface area contributed by atoms with Gasteiger partial charge in [0.2, 0.25) is 0 Å². The van der Waals surface area contributed by atoms with Gasteiger partial charge in [-0.25, -0.2) is 0 Å². The molecule has 0 aromatic heterocycles. The Labute approximate surface area is 154 Å². The summed E-state index contributed by atoms with van der Waals surface area (Å²) in [6.45, 7) is 1.72. The van der Waals surface area contributed by atoms with Gasteiger partial charge in [0.25, 0.3) is 5.91 Å². The second-order valence-corrected chi connectivity index (χ2v) is 6.65. The third kappa shape index (κ3) is 3.63. The molecule has 1 saturated heterocycles. The number of aldehydes is 1. The van der Waals surface area contributed by atoms with E-state index < -0.39 is 5.54 Å². The molecule has 0 spiro atoms. The first-order valence-corrected chi connectivity index (χ1v) is 8.98. The van der Waals surface area contributed by atoms with Crippen LogP contribution in [-0.2, 0) is 4.79 Å². The minimum atomic E-state index is -0.599. The normalized spacial score (nSPS) is 16.1. The van der Waals surface area contributed by atoms with Crippen molar-refractivity contribution in [1.82, 2.24) is 10.2 Å². The molecular weight excluding hydrogens is 326 g/mol. The maximum Gasteiger partial charge on any atom is 0.253 e. The lowest BCUT2D eigenvalue weighted by Crippen LogP contribution is -2.59. The fourth-order valence-corrected chi connectivity index (χ4v) is 3.58. The standard InChI is InChI=1S/C21H25N3O2/c1-22-17-24(19-10-6-3-7-11-19)21(16-25)12-14-23(15-13-21)20(26)18-8-4-2-5-9-18/h2-11,16,22H,12-15,17H2,1H3. The number of anilines is 1. The maximum absolute atomic E-state index is 12.7. The summed E-state index contributed by atoms with van der Waals surface area (Å²) in [5, 5.41) is 3.17. The van der Waals surface area contributed by atoms with Crippen molar-refractivity contribution >= 4 is 17.9 Å². The molecule has 2 aromatic carbocycles. The van der Waals surface area contributed by atoms with Crippen LogP contribution in [0.2, 0.25) is 0 Å². The highest BCUT2D eigenvalue weighted by molar-refractivity contribution is 5.94. The minimum absolute atomic E-state index is 0.0324. The van der Waals surface area contributed by atoms with Crippen LogP contribution in [0.3, 0.4) is 0 Å². The number of rotatable bonds is 6. The first kappa shape index (κ1) is 18.1. The van der Waals surface area contributed by atoms with Gasteiger partial charge in [-0.15, -0.1) is 0 Å². The minimum Gasteiger partial charge on any atom is -0.346 e. The van der Waals surface area contributed by atoms with Gasteiger partial charge in [0.1, 0.15) is 11.8 Å². The summed E-state index contributed by atoms with van der Waals surface area (Å²) in [6.07, 6.45) is 2.29. The average molecular weight is 351 g/mol. The van der Waals surface area contributed by atoms with Crippen molar-refractivity contribution in [2.45, 2.75) is 18.4 Å². The number of para-hydroxylation sites is 1. The lowest BCUT2D eigenvalue weighted by Gasteiger charge is -2.46. The predicted octanol–water partition coefficient (Wildman–Crippen LogP) is 2.54. The largest absolute Gasteiger partial charge is 0.346 e. The van der Waals surface area contributed by atoms with E-state index in [2.05, 4.69) is 10.2 Å². The molecule has 0 saturated carbocycles. The predicted molar refractivity (Wildman–Crippen MR) is 103 cm³/mol. The zero-order chi connectivity index (χ0) is 18.4. The quantitative estimate of drug-likeness (QED) is 0.642. The monoisotopic (exact) mass is 351 g/mol. The van der Waals surface area contributed by atoms with Gasteiger partial charge < -0.3 is 19.9 Å². The van der Waals surface area contributed by atoms with Gasteiger partial charge in [-0.05, 0) is 44.2 Å². The summed E-state index contributed by atoms with van der Waals surface area (Å²) in [5.74, 6) is 0.0324. The second kappa shape index (κ2) is 8.15. The van der Waals surface area contributed by atoms with Gasteiger partial charge in [0.05, 0.1) is 6.67 Å². The van der Waals surface area contributed by atoms with Crippen LogP contribution >= 0.6 is 0 Å². The highest BCUT2D eigenvalue weighted by atomic mass is 16.2. The molecule has 0 bridgehead atoms. The summed E-state index contributed by atoms with van der Waals surface area (Å²) in [5.41, 5.74) is 1.11. The molecule has 26 heavy (non-hydrogen) atoms. The van der Waals surface area contributed by atoms with Crippen LogP contribution in [0.4, 0.5) is 5.69 Å². The number of likely N-dealkylation sites (tertiary alicyclic amines) is 1. The zero-order valence-corrected chi connectivity index (χ0v) is 15.1. The van der Waals surface area contributed by atoms with Crippen LogP contribution in [0, 0.1) is 0 Å². The van der Waals surface area contributed by atoms with E-state index in [9.17, 15) is 9.59 Å². The average Bonchev–Trinajstić information content (AvgIpc) is 2.73. The van der Waals surface area contributed by atoms with Crippen LogP contribution in [0.25, 0.3) is 0 Å². The van der Waals surface area contributed by atoms with Crippen LogP contribution in [0.15, 0.2) is 60.7 Å². The molecule has 0 unspecified atom stereocenters. The van der Waals surface area contributed by atoms with Gasteiger partial charge in [0, 0.05) is 24.3 Å². The number of nitrogens with zero attached hydrogens (tertiary/aromatic N) is 2. The summed E-state index contributed by atoms with van der Waals surface area (Å²) >= 11 is 0. The first-order valence-electron chi connectivity index (χ1n) is 8.98. The molecule has 1 aliphatic rings. The van der Waals surface area contributed by atoms with Crippen LogP contribution in [0.1, 0.15) is 23.2 Å². The van der Waals surface area contributed by atoms with Gasteiger partial charge in [-0.1, -0.05) is 36.4 Å². The number of nitrogens with one attached hydrogen (secondary N) is 1. The Morgan fingerprint density at radius 1 is 1.08 bits per heavy atom. The highest BCUT2D eigenvalue weighted by Crippen LogP contribution is 2.32. The number of carbonyl (C=O) groups excluding carboxylic acids is 2. The number of carbonyl (C=O) groups is 2. The topological polar surface area (TPSA) is 52.7 Å². The highest BCUT2D eigenvalue weighted by Gasteiger charge is 2.41. The Bertz CT molecular complexity index is 725. The molecule has 0 radical (unpaired) electrons. The van der Waals surface area contributed by atoms with Crippen molar-refractivity contribution in [2.24, 2.45) is 0 Å². The Morgan fingerprint density at radius 2 is 1.65 bits per heavy atom. The van der Waals surface area contributed by atoms with E-state index in [1.165, 1.54) is 0 Å². The van der Waals surface area contributed by atoms with Gasteiger partial charge >= 0.3 is 0 Å². The molecule has 3 rings (SSSR count). The summed E-state index contributed by atoms with van der Waals surface area (Å²) in [6, 6.07) is 19.3. The van der Waals surface area contributed by atoms with Crippen LogP contribution in [0.5, 0.6) is 0 Å². The van der Waals surface area contributed by atoms with Crippen molar-refractivity contribution in [3.63, 3.8) is 0 Å². The molecule has 5 nitrogen and oxygen atoms in total. The van der Waals surface area contributed by atoms with E-state index in [0.717, 1.165) is 12.0 Å². The van der Waals surface area contributed by atoms with Crippen molar-refractivity contribution in [3.8, 4) is 0 Å². The maximum atomic E-state index is 12.7. The second-order valence-electron chi connectivity index (χ2n) is 6.65. The van der Waals surface area contributed by atoms with E-state index in [1.807, 2.05) is 72.6 Å². The number of hydrogen-bond acceptors (Lipinski definition) is 4. The van der Waals surface area contributed by atoms with Gasteiger partial charge in [-0.2, -0.15) is 0 Å². The van der Waals surface area contributed by atoms with Crippen molar-refractivity contribution in [3.05, 3.63) is 66.2 Å². The lowest BCUT2D eigenvalue weighted by molar-refractivity contribution is -0.113. The molecule has 2 aromatic rings. The molecule has 1 heterocycles. The molecule has 136 valence electrons. The molecular formula is C21H25N3O2. The fraction of sp³-hybridized carbons (Fsp3) is 0.333. The summed E-state index contributed by atoms with van der Waals surface area (Å²) in [7, 11) is 1.88. The van der Waals surface area contributed by atoms with Crippen LogP contribution in [-0.4, -0.2) is 49.4 Å². The smallest absolute Gasteiger partial charge is 0.253 e. The SMILES string of the molecule is CNCN(c1ccccc1)C1(C=O)CCN(C(=O)c2ccccc2)CC1. The molecule has 1 N–H and O–H groups in total. The van der Waals surface area contributed by atoms with Gasteiger partial charge in [-0.3, -0.25) is 4.79 Å². The summed E-state index contributed by atoms with van der Waals surface area (Å²) in [4.78, 5) is 28.8. The molecule has 1 amide bonds. The number of amides is 1. The molecule has 1 aliphatic heterocycles.